The van der Waals surface area contributed by atoms with E-state index in [9.17, 15) is 5.11 Å². The second-order valence-corrected chi connectivity index (χ2v) is 6.18. The van der Waals surface area contributed by atoms with Crippen molar-refractivity contribution in [3.8, 4) is 0 Å². The van der Waals surface area contributed by atoms with E-state index < -0.39 is 5.60 Å². The van der Waals surface area contributed by atoms with Crippen LogP contribution in [-0.4, -0.2) is 29.4 Å². The molecule has 1 N–H and O–H groups in total. The van der Waals surface area contributed by atoms with Gasteiger partial charge in [-0.25, -0.2) is 4.98 Å². The average Bonchev–Trinajstić information content (AvgIpc) is 3.11. The number of rotatable bonds is 5. The van der Waals surface area contributed by atoms with Crippen molar-refractivity contribution >= 4 is 21.6 Å². The molecule has 4 heteroatoms. The fourth-order valence-electron chi connectivity index (χ4n) is 2.44. The summed E-state index contributed by atoms with van der Waals surface area (Å²) in [5.41, 5.74) is 0.288. The predicted molar refractivity (Wildman–Crippen MR) is 72.9 cm³/mol. The molecule has 3 nitrogen and oxygen atoms in total. The number of benzene rings is 1. The lowest BCUT2D eigenvalue weighted by Crippen LogP contribution is -2.39. The van der Waals surface area contributed by atoms with Gasteiger partial charge in [-0.05, 0) is 30.9 Å². The van der Waals surface area contributed by atoms with Gasteiger partial charge < -0.3 is 9.84 Å². The Balaban J connectivity index is 1.85. The summed E-state index contributed by atoms with van der Waals surface area (Å²) < 4.78 is 6.36. The fraction of sp³-hybridized carbons (Fsp3) is 0.500. The zero-order chi connectivity index (χ0) is 12.6. The normalized spacial score (nSPS) is 19.0. The number of methoxy groups -OCH3 is 1. The Hall–Kier alpha value is -0.970. The van der Waals surface area contributed by atoms with Gasteiger partial charge in [0.2, 0.25) is 0 Å². The third kappa shape index (κ3) is 2.28. The van der Waals surface area contributed by atoms with E-state index in [1.54, 1.807) is 18.4 Å². The minimum atomic E-state index is -0.734. The highest BCUT2D eigenvalue weighted by atomic mass is 32.1. The van der Waals surface area contributed by atoms with Gasteiger partial charge in [-0.15, -0.1) is 11.3 Å². The number of hydrogen-bond donors (Lipinski definition) is 1. The first-order valence-electron chi connectivity index (χ1n) is 6.27. The van der Waals surface area contributed by atoms with Crippen LogP contribution in [-0.2, 0) is 11.2 Å². The molecular formula is C14H17NO2S. The van der Waals surface area contributed by atoms with E-state index >= 15 is 0 Å². The Kier molecular flexibility index (Phi) is 3.09. The monoisotopic (exact) mass is 263 g/mol. The number of thiazole rings is 1. The van der Waals surface area contributed by atoms with E-state index in [0.29, 0.717) is 18.9 Å². The van der Waals surface area contributed by atoms with Crippen LogP contribution in [0.1, 0.15) is 17.8 Å². The summed E-state index contributed by atoms with van der Waals surface area (Å²) in [7, 11) is 1.64. The van der Waals surface area contributed by atoms with Crippen LogP contribution in [0.3, 0.4) is 0 Å². The molecular weight excluding hydrogens is 246 g/mol. The molecule has 1 aliphatic carbocycles. The van der Waals surface area contributed by atoms with E-state index in [1.807, 2.05) is 18.2 Å². The summed E-state index contributed by atoms with van der Waals surface area (Å²) >= 11 is 1.67. The first-order valence-corrected chi connectivity index (χ1v) is 7.09. The topological polar surface area (TPSA) is 42.4 Å². The zero-order valence-electron chi connectivity index (χ0n) is 10.4. The van der Waals surface area contributed by atoms with Crippen LogP contribution < -0.4 is 0 Å². The second kappa shape index (κ2) is 4.61. The lowest BCUT2D eigenvalue weighted by Gasteiger charge is -2.26. The van der Waals surface area contributed by atoms with E-state index in [1.165, 1.54) is 4.70 Å². The maximum absolute atomic E-state index is 10.7. The van der Waals surface area contributed by atoms with Gasteiger partial charge in [-0.3, -0.25) is 0 Å². The Labute approximate surface area is 110 Å². The molecule has 0 radical (unpaired) electrons. The van der Waals surface area contributed by atoms with Gasteiger partial charge in [0, 0.05) is 13.5 Å². The SMILES string of the molecule is COCC(O)(Cc1nc2ccccc2s1)C1CC1. The van der Waals surface area contributed by atoms with Gasteiger partial charge in [-0.2, -0.15) is 0 Å². The molecule has 1 atom stereocenters. The van der Waals surface area contributed by atoms with Gasteiger partial charge in [0.15, 0.2) is 0 Å². The third-order valence-corrected chi connectivity index (χ3v) is 4.56. The highest BCUT2D eigenvalue weighted by Crippen LogP contribution is 2.42. The predicted octanol–water partition coefficient (Wildman–Crippen LogP) is 2.63. The number of fused-ring (bicyclic) bond motifs is 1. The molecule has 0 bridgehead atoms. The van der Waals surface area contributed by atoms with Crippen molar-refractivity contribution in [2.75, 3.05) is 13.7 Å². The summed E-state index contributed by atoms with van der Waals surface area (Å²) in [4.78, 5) is 4.59. The summed E-state index contributed by atoms with van der Waals surface area (Å²) in [5, 5.41) is 11.7. The fourth-order valence-corrected chi connectivity index (χ4v) is 3.53. The first kappa shape index (κ1) is 12.1. The van der Waals surface area contributed by atoms with Crippen molar-refractivity contribution in [2.24, 2.45) is 5.92 Å². The largest absolute Gasteiger partial charge is 0.387 e. The van der Waals surface area contributed by atoms with Crippen LogP contribution in [0.4, 0.5) is 0 Å². The van der Waals surface area contributed by atoms with Gasteiger partial charge in [-0.1, -0.05) is 12.1 Å². The molecule has 1 unspecified atom stereocenters. The van der Waals surface area contributed by atoms with Crippen LogP contribution in [0.5, 0.6) is 0 Å². The van der Waals surface area contributed by atoms with Gasteiger partial charge in [0.25, 0.3) is 0 Å². The highest BCUT2D eigenvalue weighted by molar-refractivity contribution is 7.18. The van der Waals surface area contributed by atoms with Gasteiger partial charge in [0.05, 0.1) is 27.4 Å². The average molecular weight is 263 g/mol. The van der Waals surface area contributed by atoms with Crippen molar-refractivity contribution in [1.29, 1.82) is 0 Å². The second-order valence-electron chi connectivity index (χ2n) is 5.06. The molecule has 1 aromatic heterocycles. The van der Waals surface area contributed by atoms with Crippen molar-refractivity contribution in [3.05, 3.63) is 29.3 Å². The minimum Gasteiger partial charge on any atom is -0.387 e. The molecule has 1 heterocycles. The summed E-state index contributed by atoms with van der Waals surface area (Å²) in [6, 6.07) is 8.10. The Morgan fingerprint density at radius 1 is 1.44 bits per heavy atom. The number of nitrogens with zero attached hydrogens (tertiary/aromatic N) is 1. The number of hydrogen-bond acceptors (Lipinski definition) is 4. The van der Waals surface area contributed by atoms with E-state index in [4.69, 9.17) is 4.74 Å². The van der Waals surface area contributed by atoms with Gasteiger partial charge >= 0.3 is 0 Å². The molecule has 1 aliphatic rings. The number of aliphatic hydroxyl groups is 1. The van der Waals surface area contributed by atoms with Crippen LogP contribution in [0, 0.1) is 5.92 Å². The highest BCUT2D eigenvalue weighted by Gasteiger charge is 2.44. The third-order valence-electron chi connectivity index (χ3n) is 3.53. The zero-order valence-corrected chi connectivity index (χ0v) is 11.2. The molecule has 1 saturated carbocycles. The molecule has 0 spiro atoms. The standard InChI is InChI=1S/C14H17NO2S/c1-17-9-14(16,10-6-7-10)8-13-15-11-4-2-3-5-12(11)18-13/h2-5,10,16H,6-9H2,1H3. The van der Waals surface area contributed by atoms with Crippen molar-refractivity contribution < 1.29 is 9.84 Å². The molecule has 1 fully saturated rings. The number of ether oxygens (including phenoxy) is 1. The molecule has 3 rings (SSSR count). The maximum Gasteiger partial charge on any atom is 0.0971 e. The molecule has 96 valence electrons. The lowest BCUT2D eigenvalue weighted by molar-refractivity contribution is -0.0474. The minimum absolute atomic E-state index is 0.379. The Morgan fingerprint density at radius 2 is 2.22 bits per heavy atom. The number of para-hydroxylation sites is 1. The smallest absolute Gasteiger partial charge is 0.0971 e. The lowest BCUT2D eigenvalue weighted by atomic mass is 9.95. The molecule has 2 aromatic rings. The van der Waals surface area contributed by atoms with E-state index in [2.05, 4.69) is 11.1 Å². The summed E-state index contributed by atoms with van der Waals surface area (Å²) in [6.45, 7) is 0.396. The van der Waals surface area contributed by atoms with Gasteiger partial charge in [0.1, 0.15) is 0 Å². The first-order chi connectivity index (χ1) is 8.71. The Bertz CT molecular complexity index is 516. The molecule has 0 aliphatic heterocycles. The molecule has 0 saturated heterocycles. The molecule has 18 heavy (non-hydrogen) atoms. The van der Waals surface area contributed by atoms with Crippen LogP contribution in [0.15, 0.2) is 24.3 Å². The van der Waals surface area contributed by atoms with Crippen molar-refractivity contribution in [3.63, 3.8) is 0 Å². The quantitative estimate of drug-likeness (QED) is 0.901. The number of aromatic nitrogens is 1. The maximum atomic E-state index is 10.7. The van der Waals surface area contributed by atoms with Crippen molar-refractivity contribution in [1.82, 2.24) is 4.98 Å². The molecule has 1 aromatic carbocycles. The van der Waals surface area contributed by atoms with E-state index in [0.717, 1.165) is 23.4 Å². The van der Waals surface area contributed by atoms with E-state index in [-0.39, 0.29) is 0 Å². The van der Waals surface area contributed by atoms with Crippen LogP contribution >= 0.6 is 11.3 Å². The van der Waals surface area contributed by atoms with Crippen LogP contribution in [0.25, 0.3) is 10.2 Å². The summed E-state index contributed by atoms with van der Waals surface area (Å²) in [5.74, 6) is 0.379. The van der Waals surface area contributed by atoms with Crippen LogP contribution in [0.2, 0.25) is 0 Å². The molecule has 0 amide bonds. The van der Waals surface area contributed by atoms with Crippen molar-refractivity contribution in [2.45, 2.75) is 24.9 Å². The summed E-state index contributed by atoms with van der Waals surface area (Å²) in [6.07, 6.45) is 2.81. The Morgan fingerprint density at radius 3 is 2.89 bits per heavy atom.